The van der Waals surface area contributed by atoms with Gasteiger partial charge >= 0.3 is 0 Å². The molecule has 4 heteroatoms. The highest BCUT2D eigenvalue weighted by molar-refractivity contribution is 9.11. The third kappa shape index (κ3) is 14.9. The standard InChI is InChI=1S/2C5H10BrN/c2*1-5(3-6)4-7-2/h2*3,7H,4H2,1-2H3/b2*5-3+. The van der Waals surface area contributed by atoms with E-state index in [-0.39, 0.29) is 0 Å². The molecule has 0 aromatic carbocycles. The molecule has 0 bridgehead atoms. The van der Waals surface area contributed by atoms with Crippen molar-refractivity contribution >= 4 is 31.9 Å². The summed E-state index contributed by atoms with van der Waals surface area (Å²) in [6.45, 7) is 6.05. The maximum absolute atomic E-state index is 3.21. The maximum atomic E-state index is 3.21. The van der Waals surface area contributed by atoms with Crippen LogP contribution in [0.4, 0.5) is 0 Å². The topological polar surface area (TPSA) is 24.1 Å². The van der Waals surface area contributed by atoms with Crippen molar-refractivity contribution < 1.29 is 0 Å². The molecule has 0 amide bonds. The van der Waals surface area contributed by atoms with E-state index in [1.807, 2.05) is 24.1 Å². The third-order valence-electron chi connectivity index (χ3n) is 1.28. The first-order valence-corrected chi connectivity index (χ1v) is 6.26. The summed E-state index contributed by atoms with van der Waals surface area (Å²) < 4.78 is 0. The molecular formula is C10H20Br2N2. The molecule has 0 spiro atoms. The second kappa shape index (κ2) is 13.4. The van der Waals surface area contributed by atoms with Gasteiger partial charge in [0.25, 0.3) is 0 Å². The summed E-state index contributed by atoms with van der Waals surface area (Å²) in [6.07, 6.45) is 0. The Kier molecular flexibility index (Phi) is 16.0. The predicted octanol–water partition coefficient (Wildman–Crippen LogP) is 3.01. The lowest BCUT2D eigenvalue weighted by Crippen LogP contribution is -2.07. The van der Waals surface area contributed by atoms with Crippen molar-refractivity contribution in [3.05, 3.63) is 21.1 Å². The smallest absolute Gasteiger partial charge is 0.0167 e. The molecule has 0 saturated heterocycles. The van der Waals surface area contributed by atoms with Gasteiger partial charge in [0.2, 0.25) is 0 Å². The molecular weight excluding hydrogens is 308 g/mol. The van der Waals surface area contributed by atoms with Crippen LogP contribution in [0.3, 0.4) is 0 Å². The number of nitrogens with one attached hydrogen (secondary N) is 2. The molecule has 0 aromatic heterocycles. The summed E-state index contributed by atoms with van der Waals surface area (Å²) in [5.74, 6) is 0. The van der Waals surface area contributed by atoms with Gasteiger partial charge in [-0.05, 0) is 37.9 Å². The first-order chi connectivity index (χ1) is 6.62. The zero-order valence-corrected chi connectivity index (χ0v) is 12.5. The minimum Gasteiger partial charge on any atom is -0.316 e. The maximum Gasteiger partial charge on any atom is 0.0167 e. The van der Waals surface area contributed by atoms with Gasteiger partial charge < -0.3 is 10.6 Å². The fourth-order valence-electron chi connectivity index (χ4n) is 0.635. The molecule has 2 nitrogen and oxygen atoms in total. The molecule has 0 aliphatic rings. The fourth-order valence-corrected chi connectivity index (χ4v) is 0.959. The lowest BCUT2D eigenvalue weighted by atomic mass is 10.4. The van der Waals surface area contributed by atoms with Gasteiger partial charge in [-0.15, -0.1) is 0 Å². The lowest BCUT2D eigenvalue weighted by Gasteiger charge is -1.93. The second-order valence-electron chi connectivity index (χ2n) is 2.97. The predicted molar refractivity (Wildman–Crippen MR) is 73.2 cm³/mol. The highest BCUT2D eigenvalue weighted by Gasteiger charge is 1.79. The normalized spacial score (nSPS) is 12.1. The van der Waals surface area contributed by atoms with Crippen LogP contribution in [0.15, 0.2) is 21.1 Å². The molecule has 0 radical (unpaired) electrons. The van der Waals surface area contributed by atoms with Gasteiger partial charge in [-0.25, -0.2) is 0 Å². The van der Waals surface area contributed by atoms with Crippen LogP contribution in [0.2, 0.25) is 0 Å². The van der Waals surface area contributed by atoms with Crippen LogP contribution < -0.4 is 10.6 Å². The molecule has 0 heterocycles. The van der Waals surface area contributed by atoms with Gasteiger partial charge in [0.15, 0.2) is 0 Å². The Balaban J connectivity index is 0. The second-order valence-corrected chi connectivity index (χ2v) is 3.89. The lowest BCUT2D eigenvalue weighted by molar-refractivity contribution is 0.882. The molecule has 84 valence electrons. The fraction of sp³-hybridized carbons (Fsp3) is 0.600. The van der Waals surface area contributed by atoms with E-state index in [1.54, 1.807) is 0 Å². The number of hydrogen-bond donors (Lipinski definition) is 2. The van der Waals surface area contributed by atoms with Crippen molar-refractivity contribution in [2.45, 2.75) is 13.8 Å². The molecule has 0 atom stereocenters. The molecule has 14 heavy (non-hydrogen) atoms. The highest BCUT2D eigenvalue weighted by Crippen LogP contribution is 1.93. The van der Waals surface area contributed by atoms with Crippen molar-refractivity contribution in [2.24, 2.45) is 0 Å². The molecule has 0 fully saturated rings. The molecule has 0 rings (SSSR count). The van der Waals surface area contributed by atoms with E-state index in [0.29, 0.717) is 0 Å². The SMILES string of the molecule is CNC/C(C)=C/Br.CNC/C(C)=C/Br. The average Bonchev–Trinajstić information content (AvgIpc) is 2.19. The van der Waals surface area contributed by atoms with Crippen molar-refractivity contribution in [1.29, 1.82) is 0 Å². The summed E-state index contributed by atoms with van der Waals surface area (Å²) in [6, 6.07) is 0. The van der Waals surface area contributed by atoms with Crippen LogP contribution in [0.25, 0.3) is 0 Å². The van der Waals surface area contributed by atoms with E-state index < -0.39 is 0 Å². The van der Waals surface area contributed by atoms with Gasteiger partial charge in [-0.1, -0.05) is 43.0 Å². The highest BCUT2D eigenvalue weighted by atomic mass is 79.9. The van der Waals surface area contributed by atoms with Crippen molar-refractivity contribution in [1.82, 2.24) is 10.6 Å². The number of hydrogen-bond acceptors (Lipinski definition) is 2. The Bertz CT molecular complexity index is 157. The minimum absolute atomic E-state index is 0.964. The third-order valence-corrected chi connectivity index (χ3v) is 2.85. The largest absolute Gasteiger partial charge is 0.316 e. The van der Waals surface area contributed by atoms with Crippen molar-refractivity contribution in [2.75, 3.05) is 27.2 Å². The molecule has 0 aromatic rings. The molecule has 0 unspecified atom stereocenters. The van der Waals surface area contributed by atoms with Crippen LogP contribution >= 0.6 is 31.9 Å². The minimum atomic E-state index is 0.964. The molecule has 0 aliphatic heterocycles. The van der Waals surface area contributed by atoms with Crippen LogP contribution in [-0.4, -0.2) is 27.2 Å². The van der Waals surface area contributed by atoms with E-state index in [9.17, 15) is 0 Å². The van der Waals surface area contributed by atoms with Crippen LogP contribution in [0.1, 0.15) is 13.8 Å². The summed E-state index contributed by atoms with van der Waals surface area (Å²) in [4.78, 5) is 3.84. The van der Waals surface area contributed by atoms with Crippen molar-refractivity contribution in [3.63, 3.8) is 0 Å². The van der Waals surface area contributed by atoms with E-state index in [0.717, 1.165) is 13.1 Å². The van der Waals surface area contributed by atoms with Crippen LogP contribution in [0.5, 0.6) is 0 Å². The zero-order valence-electron chi connectivity index (χ0n) is 9.32. The zero-order chi connectivity index (χ0) is 11.4. The Morgan fingerprint density at radius 1 is 0.929 bits per heavy atom. The molecule has 0 aliphatic carbocycles. The number of halogens is 2. The number of likely N-dealkylation sites (N-methyl/N-ethyl adjacent to an activating group) is 2. The van der Waals surface area contributed by atoms with Gasteiger partial charge in [-0.3, -0.25) is 0 Å². The average molecular weight is 328 g/mol. The summed E-state index contributed by atoms with van der Waals surface area (Å²) in [7, 11) is 3.86. The Morgan fingerprint density at radius 3 is 1.29 bits per heavy atom. The molecule has 2 N–H and O–H groups in total. The summed E-state index contributed by atoms with van der Waals surface area (Å²) >= 11 is 6.43. The van der Waals surface area contributed by atoms with E-state index in [1.165, 1.54) is 11.1 Å². The summed E-state index contributed by atoms with van der Waals surface area (Å²) in [5.41, 5.74) is 2.62. The summed E-state index contributed by atoms with van der Waals surface area (Å²) in [5, 5.41) is 6.04. The first-order valence-electron chi connectivity index (χ1n) is 4.43. The number of rotatable bonds is 4. The van der Waals surface area contributed by atoms with Gasteiger partial charge in [0, 0.05) is 13.1 Å². The Hall–Kier alpha value is 0.360. The van der Waals surface area contributed by atoms with E-state index >= 15 is 0 Å². The Morgan fingerprint density at radius 2 is 1.21 bits per heavy atom. The van der Waals surface area contributed by atoms with Gasteiger partial charge in [0.1, 0.15) is 0 Å². The van der Waals surface area contributed by atoms with Crippen molar-refractivity contribution in [3.8, 4) is 0 Å². The quantitative estimate of drug-likeness (QED) is 0.829. The van der Waals surface area contributed by atoms with Crippen LogP contribution in [0, 0.1) is 0 Å². The first kappa shape index (κ1) is 16.8. The Labute approximate surface area is 104 Å². The van der Waals surface area contributed by atoms with Gasteiger partial charge in [0.05, 0.1) is 0 Å². The van der Waals surface area contributed by atoms with Crippen LogP contribution in [-0.2, 0) is 0 Å². The van der Waals surface area contributed by atoms with E-state index in [4.69, 9.17) is 0 Å². The molecule has 0 saturated carbocycles. The van der Waals surface area contributed by atoms with E-state index in [2.05, 4.69) is 56.3 Å². The van der Waals surface area contributed by atoms with Gasteiger partial charge in [-0.2, -0.15) is 0 Å². The monoisotopic (exact) mass is 326 g/mol.